The van der Waals surface area contributed by atoms with Gasteiger partial charge in [0.2, 0.25) is 0 Å². The SMILES string of the molecule is C[C@@H]1C[NH+](CC(=O)NN2C(=O)N[C@](C)(c3ccccc3)C2=O)C[C@@H](C)O1. The molecule has 0 saturated carbocycles. The van der Waals surface area contributed by atoms with Gasteiger partial charge in [0.15, 0.2) is 6.54 Å². The van der Waals surface area contributed by atoms with Gasteiger partial charge < -0.3 is 15.0 Å². The largest absolute Gasteiger partial charge is 0.364 e. The average molecular weight is 361 g/mol. The molecule has 3 rings (SSSR count). The summed E-state index contributed by atoms with van der Waals surface area (Å²) in [5, 5.41) is 3.45. The number of hydrogen-bond donors (Lipinski definition) is 3. The zero-order valence-electron chi connectivity index (χ0n) is 15.2. The normalized spacial score (nSPS) is 31.7. The summed E-state index contributed by atoms with van der Waals surface area (Å²) in [6.07, 6.45) is 0.138. The topological polar surface area (TPSA) is 92.2 Å². The van der Waals surface area contributed by atoms with Gasteiger partial charge in [-0.25, -0.2) is 4.79 Å². The van der Waals surface area contributed by atoms with E-state index in [0.717, 1.165) is 9.91 Å². The van der Waals surface area contributed by atoms with Crippen LogP contribution in [0.25, 0.3) is 0 Å². The Morgan fingerprint density at radius 3 is 2.50 bits per heavy atom. The van der Waals surface area contributed by atoms with E-state index >= 15 is 0 Å². The van der Waals surface area contributed by atoms with Crippen LogP contribution >= 0.6 is 0 Å². The average Bonchev–Trinajstić information content (AvgIpc) is 2.79. The van der Waals surface area contributed by atoms with E-state index < -0.39 is 17.5 Å². The van der Waals surface area contributed by atoms with E-state index in [2.05, 4.69) is 10.7 Å². The Morgan fingerprint density at radius 2 is 1.88 bits per heavy atom. The molecule has 140 valence electrons. The first-order valence-corrected chi connectivity index (χ1v) is 8.80. The molecule has 0 unspecified atom stereocenters. The Bertz CT molecular complexity index is 700. The van der Waals surface area contributed by atoms with Crippen molar-refractivity contribution in [3.8, 4) is 0 Å². The number of rotatable bonds is 4. The van der Waals surface area contributed by atoms with E-state index in [1.165, 1.54) is 0 Å². The second kappa shape index (κ2) is 7.05. The summed E-state index contributed by atoms with van der Waals surface area (Å²) in [5.41, 5.74) is 1.92. The second-order valence-electron chi connectivity index (χ2n) is 7.19. The minimum atomic E-state index is -1.19. The monoisotopic (exact) mass is 361 g/mol. The van der Waals surface area contributed by atoms with Gasteiger partial charge in [-0.05, 0) is 26.3 Å². The zero-order chi connectivity index (χ0) is 18.9. The minimum Gasteiger partial charge on any atom is -0.364 e. The van der Waals surface area contributed by atoms with E-state index in [9.17, 15) is 14.4 Å². The molecule has 3 N–H and O–H groups in total. The lowest BCUT2D eigenvalue weighted by atomic mass is 9.92. The number of nitrogens with one attached hydrogen (secondary N) is 3. The highest BCUT2D eigenvalue weighted by Crippen LogP contribution is 2.27. The maximum atomic E-state index is 12.8. The van der Waals surface area contributed by atoms with E-state index in [1.54, 1.807) is 31.2 Å². The Hall–Kier alpha value is -2.45. The Kier molecular flexibility index (Phi) is 4.97. The maximum absolute atomic E-state index is 12.8. The van der Waals surface area contributed by atoms with E-state index in [1.807, 2.05) is 19.9 Å². The number of nitrogens with zero attached hydrogens (tertiary/aromatic N) is 1. The van der Waals surface area contributed by atoms with Crippen LogP contribution in [0.15, 0.2) is 30.3 Å². The molecule has 8 heteroatoms. The Morgan fingerprint density at radius 1 is 1.27 bits per heavy atom. The summed E-state index contributed by atoms with van der Waals surface area (Å²) in [6, 6.07) is 8.33. The third-order valence-corrected chi connectivity index (χ3v) is 4.81. The first-order valence-electron chi connectivity index (χ1n) is 8.80. The predicted molar refractivity (Wildman–Crippen MR) is 92.9 cm³/mol. The maximum Gasteiger partial charge on any atom is 0.344 e. The predicted octanol–water partition coefficient (Wildman–Crippen LogP) is -0.823. The van der Waals surface area contributed by atoms with Crippen molar-refractivity contribution in [3.05, 3.63) is 35.9 Å². The van der Waals surface area contributed by atoms with E-state index in [4.69, 9.17) is 4.74 Å². The standard InChI is InChI=1S/C18H24N4O4/c1-12-9-21(10-13(2)26-12)11-15(23)20-22-16(24)18(3,19-17(22)25)14-7-5-4-6-8-14/h4-8,12-13H,9-11H2,1-3H3,(H,19,25)(H,20,23)/p+1/t12-,13-,18-/m1/s1. The number of benzene rings is 1. The number of carbonyl (C=O) groups excluding carboxylic acids is 3. The molecule has 2 fully saturated rings. The third-order valence-electron chi connectivity index (χ3n) is 4.81. The van der Waals surface area contributed by atoms with Crippen LogP contribution in [-0.2, 0) is 19.9 Å². The molecule has 0 bridgehead atoms. The number of hydrogen-bond acceptors (Lipinski definition) is 4. The molecule has 1 aromatic carbocycles. The van der Waals surface area contributed by atoms with E-state index in [-0.39, 0.29) is 24.7 Å². The lowest BCUT2D eigenvalue weighted by Crippen LogP contribution is -3.16. The van der Waals surface area contributed by atoms with Crippen LogP contribution in [0, 0.1) is 0 Å². The molecule has 1 aromatic rings. The van der Waals surface area contributed by atoms with Gasteiger partial charge in [0.1, 0.15) is 30.8 Å². The summed E-state index contributed by atoms with van der Waals surface area (Å²) in [5.74, 6) is -0.872. The minimum absolute atomic E-state index is 0.0691. The highest BCUT2D eigenvalue weighted by atomic mass is 16.5. The smallest absolute Gasteiger partial charge is 0.344 e. The molecule has 26 heavy (non-hydrogen) atoms. The van der Waals surface area contributed by atoms with Crippen molar-refractivity contribution in [1.82, 2.24) is 15.8 Å². The fraction of sp³-hybridized carbons (Fsp3) is 0.500. The number of carbonyl (C=O) groups is 3. The molecular formula is C18H25N4O4+. The van der Waals surface area contributed by atoms with Crippen LogP contribution in [0.3, 0.4) is 0 Å². The van der Waals surface area contributed by atoms with Crippen molar-refractivity contribution in [2.75, 3.05) is 19.6 Å². The number of ether oxygens (including phenoxy) is 1. The molecule has 2 heterocycles. The van der Waals surface area contributed by atoms with Crippen molar-refractivity contribution in [2.45, 2.75) is 38.5 Å². The first kappa shape index (κ1) is 18.3. The molecule has 4 amide bonds. The van der Waals surface area contributed by atoms with Crippen LogP contribution in [0.4, 0.5) is 4.79 Å². The van der Waals surface area contributed by atoms with Crippen LogP contribution in [0.1, 0.15) is 26.3 Å². The Balaban J connectivity index is 1.65. The fourth-order valence-electron chi connectivity index (χ4n) is 3.63. The van der Waals surface area contributed by atoms with Crippen LogP contribution < -0.4 is 15.6 Å². The number of hydrazine groups is 1. The van der Waals surface area contributed by atoms with Crippen LogP contribution in [0.5, 0.6) is 0 Å². The molecule has 2 aliphatic rings. The highest BCUT2D eigenvalue weighted by molar-refractivity contribution is 6.08. The van der Waals surface area contributed by atoms with Gasteiger partial charge in [0, 0.05) is 0 Å². The molecular weight excluding hydrogens is 336 g/mol. The Labute approximate surface area is 152 Å². The van der Waals surface area contributed by atoms with Gasteiger partial charge in [-0.3, -0.25) is 15.0 Å². The summed E-state index contributed by atoms with van der Waals surface area (Å²) in [4.78, 5) is 38.5. The van der Waals surface area contributed by atoms with Gasteiger partial charge in [-0.2, -0.15) is 5.01 Å². The number of imide groups is 1. The summed E-state index contributed by atoms with van der Waals surface area (Å²) in [7, 11) is 0. The van der Waals surface area contributed by atoms with E-state index in [0.29, 0.717) is 18.7 Å². The quantitative estimate of drug-likeness (QED) is 0.611. The van der Waals surface area contributed by atoms with Crippen molar-refractivity contribution in [2.24, 2.45) is 0 Å². The number of morpholine rings is 1. The summed E-state index contributed by atoms with van der Waals surface area (Å²) >= 11 is 0. The molecule has 0 radical (unpaired) electrons. The summed E-state index contributed by atoms with van der Waals surface area (Å²) < 4.78 is 5.66. The number of quaternary nitrogens is 1. The molecule has 3 atom stereocenters. The van der Waals surface area contributed by atoms with Gasteiger partial charge in [0.25, 0.3) is 11.8 Å². The lowest BCUT2D eigenvalue weighted by Gasteiger charge is -2.32. The van der Waals surface area contributed by atoms with Crippen molar-refractivity contribution in [1.29, 1.82) is 0 Å². The molecule has 0 spiro atoms. The zero-order valence-corrected chi connectivity index (χ0v) is 15.2. The first-order chi connectivity index (χ1) is 12.3. The number of amides is 4. The van der Waals surface area contributed by atoms with Gasteiger partial charge >= 0.3 is 6.03 Å². The van der Waals surface area contributed by atoms with Crippen molar-refractivity contribution in [3.63, 3.8) is 0 Å². The molecule has 0 aromatic heterocycles. The van der Waals surface area contributed by atoms with Gasteiger partial charge in [-0.15, -0.1) is 0 Å². The second-order valence-corrected chi connectivity index (χ2v) is 7.19. The highest BCUT2D eigenvalue weighted by Gasteiger charge is 2.50. The van der Waals surface area contributed by atoms with Crippen LogP contribution in [0.2, 0.25) is 0 Å². The molecule has 8 nitrogen and oxygen atoms in total. The molecule has 0 aliphatic carbocycles. The lowest BCUT2D eigenvalue weighted by molar-refractivity contribution is -0.907. The molecule has 2 saturated heterocycles. The third kappa shape index (κ3) is 3.56. The van der Waals surface area contributed by atoms with Gasteiger partial charge in [0.05, 0.1) is 0 Å². The van der Waals surface area contributed by atoms with Crippen LogP contribution in [-0.4, -0.2) is 54.7 Å². The number of urea groups is 1. The van der Waals surface area contributed by atoms with Gasteiger partial charge in [-0.1, -0.05) is 30.3 Å². The van der Waals surface area contributed by atoms with Crippen molar-refractivity contribution < 1.29 is 24.0 Å². The molecule has 2 aliphatic heterocycles. The summed E-state index contributed by atoms with van der Waals surface area (Å²) in [6.45, 7) is 7.16. The van der Waals surface area contributed by atoms with Crippen molar-refractivity contribution >= 4 is 17.8 Å². The fourth-order valence-corrected chi connectivity index (χ4v) is 3.63.